The molecule has 0 radical (unpaired) electrons. The molecule has 1 aromatic rings. The van der Waals surface area contributed by atoms with E-state index in [4.69, 9.17) is 11.6 Å². The second-order valence-electron chi connectivity index (χ2n) is 4.98. The van der Waals surface area contributed by atoms with Crippen LogP contribution in [0, 0.1) is 0 Å². The maximum Gasteiger partial charge on any atom is 0.278 e. The summed E-state index contributed by atoms with van der Waals surface area (Å²) >= 11 is 5.86. The first-order chi connectivity index (χ1) is 8.40. The van der Waals surface area contributed by atoms with Gasteiger partial charge in [0.2, 0.25) is 0 Å². The highest BCUT2D eigenvalue weighted by molar-refractivity contribution is 6.30. The number of carbonyl (C=O) groups is 1. The molecule has 0 aliphatic heterocycles. The summed E-state index contributed by atoms with van der Waals surface area (Å²) < 4.78 is 0. The Labute approximate surface area is 114 Å². The van der Waals surface area contributed by atoms with Crippen molar-refractivity contribution in [3.63, 3.8) is 0 Å². The number of nitrogens with one attached hydrogen (secondary N) is 1. The van der Waals surface area contributed by atoms with Crippen LogP contribution in [0.15, 0.2) is 24.3 Å². The van der Waals surface area contributed by atoms with Crippen LogP contribution in [0.3, 0.4) is 0 Å². The Kier molecular flexibility index (Phi) is 5.63. The standard InChI is InChI=1S/C14H21ClN2O/c1-9(2)16-14(18)11(4)17-10(3)12-5-7-13(15)8-6-12/h5-11,17H,1-4H3,(H,16,18)/p+1/t10-,11-/m1/s1. The van der Waals surface area contributed by atoms with Crippen LogP contribution < -0.4 is 10.6 Å². The number of quaternary nitrogens is 1. The summed E-state index contributed by atoms with van der Waals surface area (Å²) in [5, 5.41) is 5.71. The molecule has 0 saturated carbocycles. The van der Waals surface area contributed by atoms with Crippen LogP contribution in [0.2, 0.25) is 5.02 Å². The molecule has 1 aromatic carbocycles. The average Bonchev–Trinajstić information content (AvgIpc) is 2.28. The monoisotopic (exact) mass is 269 g/mol. The number of amides is 1. The lowest BCUT2D eigenvalue weighted by molar-refractivity contribution is -0.710. The van der Waals surface area contributed by atoms with Crippen LogP contribution in [0.5, 0.6) is 0 Å². The summed E-state index contributed by atoms with van der Waals surface area (Å²) in [6, 6.07) is 8.06. The molecule has 0 fully saturated rings. The van der Waals surface area contributed by atoms with Gasteiger partial charge in [-0.2, -0.15) is 0 Å². The molecule has 0 unspecified atom stereocenters. The molecule has 1 amide bonds. The predicted molar refractivity (Wildman–Crippen MR) is 74.5 cm³/mol. The number of carbonyl (C=O) groups excluding carboxylic acids is 1. The van der Waals surface area contributed by atoms with Crippen LogP contribution in [-0.2, 0) is 4.79 Å². The quantitative estimate of drug-likeness (QED) is 0.842. The summed E-state index contributed by atoms with van der Waals surface area (Å²) in [4.78, 5) is 11.8. The van der Waals surface area contributed by atoms with Gasteiger partial charge in [0.15, 0.2) is 6.04 Å². The minimum absolute atomic E-state index is 0.0748. The zero-order valence-electron chi connectivity index (χ0n) is 11.4. The normalized spacial score (nSPS) is 14.3. The molecule has 3 N–H and O–H groups in total. The SMILES string of the molecule is CC(C)NC(=O)[C@@H](C)[NH2+][C@H](C)c1ccc(Cl)cc1. The predicted octanol–water partition coefficient (Wildman–Crippen LogP) is 1.88. The van der Waals surface area contributed by atoms with Gasteiger partial charge in [-0.3, -0.25) is 4.79 Å². The number of hydrogen-bond acceptors (Lipinski definition) is 1. The Balaban J connectivity index is 2.56. The Morgan fingerprint density at radius 1 is 1.17 bits per heavy atom. The maximum atomic E-state index is 11.8. The number of halogens is 1. The van der Waals surface area contributed by atoms with Gasteiger partial charge in [-0.25, -0.2) is 0 Å². The largest absolute Gasteiger partial charge is 0.349 e. The lowest BCUT2D eigenvalue weighted by Crippen LogP contribution is -2.92. The zero-order valence-corrected chi connectivity index (χ0v) is 12.2. The second-order valence-corrected chi connectivity index (χ2v) is 5.42. The molecule has 1 rings (SSSR count). The molecule has 0 aliphatic carbocycles. The van der Waals surface area contributed by atoms with E-state index in [1.165, 1.54) is 5.56 Å². The van der Waals surface area contributed by atoms with Gasteiger partial charge in [0, 0.05) is 16.6 Å². The summed E-state index contributed by atoms with van der Waals surface area (Å²) in [5.41, 5.74) is 1.17. The molecule has 0 bridgehead atoms. The second kappa shape index (κ2) is 6.76. The van der Waals surface area contributed by atoms with E-state index in [2.05, 4.69) is 17.6 Å². The first-order valence-corrected chi connectivity index (χ1v) is 6.68. The maximum absolute atomic E-state index is 11.8. The van der Waals surface area contributed by atoms with E-state index in [9.17, 15) is 4.79 Å². The zero-order chi connectivity index (χ0) is 13.7. The average molecular weight is 270 g/mol. The third kappa shape index (κ3) is 4.67. The summed E-state index contributed by atoms with van der Waals surface area (Å²) in [7, 11) is 0. The lowest BCUT2D eigenvalue weighted by atomic mass is 10.1. The molecule has 0 saturated heterocycles. The van der Waals surface area contributed by atoms with Crippen molar-refractivity contribution >= 4 is 17.5 Å². The third-order valence-corrected chi connectivity index (χ3v) is 3.07. The Morgan fingerprint density at radius 3 is 2.22 bits per heavy atom. The smallest absolute Gasteiger partial charge is 0.278 e. The van der Waals surface area contributed by atoms with Crippen molar-refractivity contribution in [2.45, 2.75) is 45.8 Å². The van der Waals surface area contributed by atoms with Gasteiger partial charge in [-0.1, -0.05) is 23.7 Å². The molecule has 4 heteroatoms. The van der Waals surface area contributed by atoms with Gasteiger partial charge >= 0.3 is 0 Å². The Hall–Kier alpha value is -1.06. The molecule has 0 aromatic heterocycles. The van der Waals surface area contributed by atoms with E-state index in [-0.39, 0.29) is 24.0 Å². The molecule has 2 atom stereocenters. The first kappa shape index (κ1) is 15.0. The highest BCUT2D eigenvalue weighted by Gasteiger charge is 2.20. The van der Waals surface area contributed by atoms with E-state index in [0.29, 0.717) is 0 Å². The van der Waals surface area contributed by atoms with E-state index in [0.717, 1.165) is 5.02 Å². The van der Waals surface area contributed by atoms with Crippen molar-refractivity contribution in [1.29, 1.82) is 0 Å². The summed E-state index contributed by atoms with van der Waals surface area (Å²) in [6.45, 7) is 7.94. The first-order valence-electron chi connectivity index (χ1n) is 6.31. The molecule has 100 valence electrons. The highest BCUT2D eigenvalue weighted by Crippen LogP contribution is 2.13. The fourth-order valence-corrected chi connectivity index (χ4v) is 1.94. The third-order valence-electron chi connectivity index (χ3n) is 2.82. The fraction of sp³-hybridized carbons (Fsp3) is 0.500. The lowest BCUT2D eigenvalue weighted by Gasteiger charge is -2.18. The summed E-state index contributed by atoms with van der Waals surface area (Å²) in [6.07, 6.45) is 0. The van der Waals surface area contributed by atoms with Crippen LogP contribution in [0.4, 0.5) is 0 Å². The van der Waals surface area contributed by atoms with E-state index in [1.54, 1.807) is 0 Å². The van der Waals surface area contributed by atoms with E-state index < -0.39 is 0 Å². The molecule has 0 heterocycles. The van der Waals surface area contributed by atoms with E-state index in [1.807, 2.05) is 45.0 Å². The Bertz CT molecular complexity index is 389. The molecule has 0 aliphatic rings. The number of hydrogen-bond donors (Lipinski definition) is 2. The minimum atomic E-state index is -0.0990. The molecule has 0 spiro atoms. The molecule has 18 heavy (non-hydrogen) atoms. The van der Waals surface area contributed by atoms with Crippen LogP contribution >= 0.6 is 11.6 Å². The van der Waals surface area contributed by atoms with Gasteiger partial charge in [0.05, 0.1) is 0 Å². The van der Waals surface area contributed by atoms with Gasteiger partial charge in [0.25, 0.3) is 5.91 Å². The van der Waals surface area contributed by atoms with Crippen molar-refractivity contribution in [3.05, 3.63) is 34.9 Å². The van der Waals surface area contributed by atoms with Crippen LogP contribution in [0.1, 0.15) is 39.3 Å². The van der Waals surface area contributed by atoms with Crippen molar-refractivity contribution < 1.29 is 10.1 Å². The van der Waals surface area contributed by atoms with Crippen molar-refractivity contribution in [2.75, 3.05) is 0 Å². The van der Waals surface area contributed by atoms with Gasteiger partial charge < -0.3 is 10.6 Å². The molecular weight excluding hydrogens is 248 g/mol. The Morgan fingerprint density at radius 2 is 1.72 bits per heavy atom. The molecular formula is C14H22ClN2O+. The number of rotatable bonds is 5. The highest BCUT2D eigenvalue weighted by atomic mass is 35.5. The van der Waals surface area contributed by atoms with Crippen LogP contribution in [0.25, 0.3) is 0 Å². The van der Waals surface area contributed by atoms with E-state index >= 15 is 0 Å². The van der Waals surface area contributed by atoms with Crippen LogP contribution in [-0.4, -0.2) is 18.0 Å². The van der Waals surface area contributed by atoms with Crippen molar-refractivity contribution in [2.24, 2.45) is 0 Å². The number of nitrogens with two attached hydrogens (primary N) is 1. The minimum Gasteiger partial charge on any atom is -0.349 e. The topological polar surface area (TPSA) is 45.7 Å². The number of benzene rings is 1. The fourth-order valence-electron chi connectivity index (χ4n) is 1.81. The van der Waals surface area contributed by atoms with Crippen molar-refractivity contribution in [3.8, 4) is 0 Å². The van der Waals surface area contributed by atoms with Gasteiger partial charge in [-0.15, -0.1) is 0 Å². The summed E-state index contributed by atoms with van der Waals surface area (Å²) in [5.74, 6) is 0.0748. The van der Waals surface area contributed by atoms with Crippen molar-refractivity contribution in [1.82, 2.24) is 5.32 Å². The molecule has 3 nitrogen and oxygen atoms in total. The van der Waals surface area contributed by atoms with Gasteiger partial charge in [-0.05, 0) is 39.8 Å². The van der Waals surface area contributed by atoms with Gasteiger partial charge in [0.1, 0.15) is 6.04 Å².